The first-order valence-electron chi connectivity index (χ1n) is 10.0. The van der Waals surface area contributed by atoms with E-state index in [1.165, 1.54) is 31.4 Å². The number of benzene rings is 1. The van der Waals surface area contributed by atoms with Crippen LogP contribution in [0.3, 0.4) is 0 Å². The van der Waals surface area contributed by atoms with Crippen molar-refractivity contribution in [2.24, 2.45) is 5.92 Å². The molecule has 1 atom stereocenters. The number of nitrogens with one attached hydrogen (secondary N) is 2. The van der Waals surface area contributed by atoms with Crippen LogP contribution in [0.15, 0.2) is 53.7 Å². The molecule has 0 aliphatic heterocycles. The molecule has 4 N–H and O–H groups in total. The Kier molecular flexibility index (Phi) is 8.99. The lowest BCUT2D eigenvalue weighted by molar-refractivity contribution is -0.135. The van der Waals surface area contributed by atoms with Crippen LogP contribution in [0.5, 0.6) is 5.75 Å². The van der Waals surface area contributed by atoms with Crippen molar-refractivity contribution in [2.75, 3.05) is 7.11 Å². The smallest absolute Gasteiger partial charge is 0.280 e. The first kappa shape index (κ1) is 26.0. The summed E-state index contributed by atoms with van der Waals surface area (Å²) < 4.78 is 32.9. The van der Waals surface area contributed by atoms with Crippen LogP contribution in [-0.2, 0) is 21.2 Å². The van der Waals surface area contributed by atoms with E-state index in [4.69, 9.17) is 4.74 Å². The number of aliphatic hydroxyl groups is 1. The number of sulfone groups is 1. The predicted octanol–water partition coefficient (Wildman–Crippen LogP) is 1.83. The highest BCUT2D eigenvalue weighted by molar-refractivity contribution is 7.93. The van der Waals surface area contributed by atoms with E-state index in [0.29, 0.717) is 37.0 Å². The van der Waals surface area contributed by atoms with Gasteiger partial charge >= 0.3 is 0 Å². The Morgan fingerprint density at radius 2 is 1.84 bits per heavy atom. The highest BCUT2D eigenvalue weighted by atomic mass is 35.5. The number of hydroxylamine groups is 1. The lowest BCUT2D eigenvalue weighted by atomic mass is 9.81. The van der Waals surface area contributed by atoms with Gasteiger partial charge in [0, 0.05) is 24.9 Å². The monoisotopic (exact) mass is 485 g/mol. The normalized spacial score (nSPS) is 20.5. The molecule has 3 rings (SSSR count). The number of aromatic nitrogens is 1. The summed E-state index contributed by atoms with van der Waals surface area (Å²) in [5.41, 5.74) is 2.24. The molecule has 1 aliphatic carbocycles. The molecule has 1 amide bonds. The Morgan fingerprint density at radius 1 is 1.19 bits per heavy atom. The molecular weight excluding hydrogens is 458 g/mol. The van der Waals surface area contributed by atoms with Crippen LogP contribution >= 0.6 is 12.4 Å². The molecule has 32 heavy (non-hydrogen) atoms. The Balaban J connectivity index is 0.00000363. The summed E-state index contributed by atoms with van der Waals surface area (Å²) in [4.78, 5) is 14.9. The fourth-order valence-electron chi connectivity index (χ4n) is 4.09. The molecule has 2 aromatic rings. The molecule has 9 nitrogen and oxygen atoms in total. The van der Waals surface area contributed by atoms with Crippen LogP contribution in [0.1, 0.15) is 31.2 Å². The van der Waals surface area contributed by atoms with Crippen LogP contribution in [0, 0.1) is 5.92 Å². The van der Waals surface area contributed by atoms with Crippen molar-refractivity contribution in [2.45, 2.75) is 48.1 Å². The van der Waals surface area contributed by atoms with Crippen molar-refractivity contribution in [1.29, 1.82) is 0 Å². The molecule has 0 radical (unpaired) electrons. The quantitative estimate of drug-likeness (QED) is 0.328. The molecule has 0 saturated heterocycles. The minimum Gasteiger partial charge on any atom is -0.497 e. The number of ether oxygens (including phenoxy) is 1. The summed E-state index contributed by atoms with van der Waals surface area (Å²) in [6, 6.07) is 9.21. The Morgan fingerprint density at radius 3 is 2.38 bits per heavy atom. The van der Waals surface area contributed by atoms with E-state index in [2.05, 4.69) is 10.3 Å². The van der Waals surface area contributed by atoms with Crippen LogP contribution in [0.4, 0.5) is 0 Å². The average Bonchev–Trinajstić information content (AvgIpc) is 2.80. The molecule has 11 heteroatoms. The van der Waals surface area contributed by atoms with Crippen molar-refractivity contribution in [3.05, 3.63) is 54.4 Å². The van der Waals surface area contributed by atoms with Crippen molar-refractivity contribution in [1.82, 2.24) is 15.8 Å². The number of carbonyl (C=O) groups excluding carboxylic acids is 1. The van der Waals surface area contributed by atoms with Crippen LogP contribution in [0.25, 0.3) is 0 Å². The molecule has 1 aliphatic rings. The summed E-state index contributed by atoms with van der Waals surface area (Å²) in [6.07, 6.45) is 3.92. The van der Waals surface area contributed by atoms with Crippen molar-refractivity contribution in [3.8, 4) is 5.75 Å². The Bertz CT molecular complexity index is 982. The van der Waals surface area contributed by atoms with Gasteiger partial charge in [0.1, 0.15) is 5.75 Å². The summed E-state index contributed by atoms with van der Waals surface area (Å²) in [5.74, 6) is -1.26. The fraction of sp³-hybridized carbons (Fsp3) is 0.429. The molecule has 0 unspecified atom stereocenters. The van der Waals surface area contributed by atoms with Gasteiger partial charge in [0.15, 0.2) is 0 Å². The first-order valence-corrected chi connectivity index (χ1v) is 11.5. The zero-order valence-corrected chi connectivity index (χ0v) is 19.2. The predicted molar refractivity (Wildman–Crippen MR) is 119 cm³/mol. The van der Waals surface area contributed by atoms with E-state index in [1.54, 1.807) is 30.0 Å². The van der Waals surface area contributed by atoms with Crippen molar-refractivity contribution >= 4 is 28.2 Å². The van der Waals surface area contributed by atoms with E-state index >= 15 is 0 Å². The second-order valence-corrected chi connectivity index (χ2v) is 9.70. The number of halogens is 1. The zero-order chi connectivity index (χ0) is 22.5. The number of hydrogen-bond donors (Lipinski definition) is 4. The van der Waals surface area contributed by atoms with Gasteiger partial charge in [-0.25, -0.2) is 13.9 Å². The second-order valence-electron chi connectivity index (χ2n) is 7.58. The Hall–Kier alpha value is -2.24. The molecule has 0 bridgehead atoms. The van der Waals surface area contributed by atoms with Gasteiger partial charge in [-0.1, -0.05) is 6.07 Å². The van der Waals surface area contributed by atoms with Gasteiger partial charge in [0.05, 0.1) is 18.1 Å². The van der Waals surface area contributed by atoms with Gasteiger partial charge in [-0.15, -0.1) is 12.4 Å². The van der Waals surface area contributed by atoms with E-state index in [0.717, 1.165) is 0 Å². The average molecular weight is 486 g/mol. The Labute approximate surface area is 193 Å². The maximum Gasteiger partial charge on any atom is 0.280 e. The van der Waals surface area contributed by atoms with Gasteiger partial charge in [-0.05, 0) is 61.6 Å². The fourth-order valence-corrected chi connectivity index (χ4v) is 6.18. The van der Waals surface area contributed by atoms with E-state index in [1.807, 2.05) is 0 Å². The lowest BCUT2D eigenvalue weighted by Crippen LogP contribution is -2.66. The third-order valence-electron chi connectivity index (χ3n) is 5.78. The van der Waals surface area contributed by atoms with Crippen LogP contribution in [0.2, 0.25) is 0 Å². The topological polar surface area (TPSA) is 138 Å². The largest absolute Gasteiger partial charge is 0.497 e. The summed E-state index contributed by atoms with van der Waals surface area (Å²) in [5, 5.41) is 22.4. The third kappa shape index (κ3) is 5.05. The molecular formula is C21H28ClN3O6S. The standard InChI is InChI=1S/C21H27N3O6S.ClH/c1-30-18-8-10-19(11-9-18)31(28,29)21(20(26)24-27,16-4-6-17(25)7-5-16)23-14-15-3-2-12-22-13-15;/h2-3,8-13,16-17,23,25,27H,4-7,14H2,1H3,(H,24,26);1H/t16-,17-,21-;/m1./s1. The van der Waals surface area contributed by atoms with Crippen molar-refractivity contribution in [3.63, 3.8) is 0 Å². The van der Waals surface area contributed by atoms with E-state index in [-0.39, 0.29) is 23.8 Å². The minimum atomic E-state index is -4.33. The maximum atomic E-state index is 13.9. The summed E-state index contributed by atoms with van der Waals surface area (Å²) >= 11 is 0. The molecule has 1 aromatic heterocycles. The summed E-state index contributed by atoms with van der Waals surface area (Å²) in [6.45, 7) is 0.0374. The lowest BCUT2D eigenvalue weighted by Gasteiger charge is -2.41. The molecule has 1 aromatic carbocycles. The number of rotatable bonds is 8. The zero-order valence-electron chi connectivity index (χ0n) is 17.6. The van der Waals surface area contributed by atoms with Gasteiger partial charge in [0.2, 0.25) is 14.7 Å². The number of carbonyl (C=O) groups is 1. The number of amides is 1. The molecule has 176 valence electrons. The van der Waals surface area contributed by atoms with Crippen LogP contribution < -0.4 is 15.5 Å². The molecule has 1 heterocycles. The third-order valence-corrected chi connectivity index (χ3v) is 8.19. The highest BCUT2D eigenvalue weighted by Gasteiger charge is 2.57. The van der Waals surface area contributed by atoms with E-state index in [9.17, 15) is 23.5 Å². The number of nitrogens with zero attached hydrogens (tertiary/aromatic N) is 1. The molecule has 0 spiro atoms. The van der Waals surface area contributed by atoms with Crippen LogP contribution in [-0.4, -0.2) is 47.7 Å². The number of aliphatic hydroxyl groups excluding tert-OH is 1. The molecule has 1 saturated carbocycles. The summed E-state index contributed by atoms with van der Waals surface area (Å²) in [7, 11) is -2.86. The number of hydrogen-bond acceptors (Lipinski definition) is 8. The minimum absolute atomic E-state index is 0. The van der Waals surface area contributed by atoms with Gasteiger partial charge in [-0.3, -0.25) is 20.3 Å². The van der Waals surface area contributed by atoms with Gasteiger partial charge in [-0.2, -0.15) is 0 Å². The van der Waals surface area contributed by atoms with Crippen molar-refractivity contribution < 1.29 is 28.3 Å². The maximum absolute atomic E-state index is 13.9. The molecule has 1 fully saturated rings. The SMILES string of the molecule is COc1ccc(S(=O)(=O)[C@@](NCc2cccnc2)(C(=O)NO)[C@H]2CC[C@H](O)CC2)cc1.Cl. The second kappa shape index (κ2) is 11.1. The van der Waals surface area contributed by atoms with Gasteiger partial charge < -0.3 is 9.84 Å². The van der Waals surface area contributed by atoms with E-state index < -0.39 is 32.6 Å². The highest BCUT2D eigenvalue weighted by Crippen LogP contribution is 2.40. The first-order chi connectivity index (χ1) is 14.8. The van der Waals surface area contributed by atoms with Gasteiger partial charge in [0.25, 0.3) is 5.91 Å². The number of pyridine rings is 1. The number of methoxy groups -OCH3 is 1.